The Morgan fingerprint density at radius 2 is 1.74 bits per heavy atom. The number of aromatic nitrogens is 1. The molecule has 1 aliphatic rings. The Morgan fingerprint density at radius 3 is 2.44 bits per heavy atom. The highest BCUT2D eigenvalue weighted by Gasteiger charge is 2.31. The number of benzene rings is 3. The largest absolute Gasteiger partial charge is 0.321 e. The van der Waals surface area contributed by atoms with Gasteiger partial charge in [0.1, 0.15) is 0 Å². The maximum Gasteiger partial charge on any atom is 0.258 e. The minimum absolute atomic E-state index is 0.168. The summed E-state index contributed by atoms with van der Waals surface area (Å²) in [6.45, 7) is 1.50. The van der Waals surface area contributed by atoms with Crippen LogP contribution in [0, 0.1) is 0 Å². The van der Waals surface area contributed by atoms with Crippen LogP contribution in [0.15, 0.2) is 99.3 Å². The average molecular weight is 512 g/mol. The van der Waals surface area contributed by atoms with Crippen LogP contribution in [-0.4, -0.2) is 27.7 Å². The predicted molar refractivity (Wildman–Crippen MR) is 141 cm³/mol. The second-order valence-corrected chi connectivity index (χ2v) is 9.13. The number of fused-ring (bicyclic) bond motifs is 1. The van der Waals surface area contributed by atoms with E-state index in [0.29, 0.717) is 17.7 Å². The molecule has 0 unspecified atom stereocenters. The lowest BCUT2D eigenvalue weighted by Gasteiger charge is -2.16. The molecule has 1 N–H and O–H groups in total. The van der Waals surface area contributed by atoms with E-state index in [1.54, 1.807) is 0 Å². The molecule has 1 aliphatic heterocycles. The van der Waals surface area contributed by atoms with Gasteiger partial charge < -0.3 is 4.98 Å². The first-order valence-electron chi connectivity index (χ1n) is 11.0. The van der Waals surface area contributed by atoms with E-state index in [0.717, 1.165) is 32.1 Å². The number of carbonyl (C=O) groups is 1. The van der Waals surface area contributed by atoms with Gasteiger partial charge in [0, 0.05) is 34.3 Å². The van der Waals surface area contributed by atoms with Gasteiger partial charge in [0.25, 0.3) is 5.56 Å². The van der Waals surface area contributed by atoms with Gasteiger partial charge in [0.2, 0.25) is 5.91 Å². The van der Waals surface area contributed by atoms with Gasteiger partial charge >= 0.3 is 0 Å². The zero-order valence-electron chi connectivity index (χ0n) is 18.5. The lowest BCUT2D eigenvalue weighted by atomic mass is 9.92. The summed E-state index contributed by atoms with van der Waals surface area (Å²) in [4.78, 5) is 28.8. The maximum absolute atomic E-state index is 13.4. The molecule has 0 radical (unpaired) electrons. The van der Waals surface area contributed by atoms with E-state index in [1.807, 2.05) is 91.0 Å². The van der Waals surface area contributed by atoms with Crippen molar-refractivity contribution in [3.8, 4) is 11.1 Å². The van der Waals surface area contributed by atoms with E-state index < -0.39 is 0 Å². The van der Waals surface area contributed by atoms with E-state index in [2.05, 4.69) is 26.0 Å². The fourth-order valence-corrected chi connectivity index (χ4v) is 4.73. The summed E-state index contributed by atoms with van der Waals surface area (Å²) in [7, 11) is 0. The first-order chi connectivity index (χ1) is 16.5. The Kier molecular flexibility index (Phi) is 5.99. The predicted octanol–water partition coefficient (Wildman–Crippen LogP) is 6.00. The van der Waals surface area contributed by atoms with E-state index >= 15 is 0 Å². The molecule has 0 saturated carbocycles. The van der Waals surface area contributed by atoms with Crippen LogP contribution < -0.4 is 5.56 Å². The number of pyridine rings is 1. The van der Waals surface area contributed by atoms with Crippen molar-refractivity contribution in [1.82, 2.24) is 9.99 Å². The molecule has 4 aromatic rings. The number of halogens is 1. The van der Waals surface area contributed by atoms with Crippen molar-refractivity contribution in [3.63, 3.8) is 0 Å². The maximum atomic E-state index is 13.4. The highest BCUT2D eigenvalue weighted by Crippen LogP contribution is 2.34. The topological polar surface area (TPSA) is 65.5 Å². The third-order valence-corrected chi connectivity index (χ3v) is 6.40. The molecule has 34 heavy (non-hydrogen) atoms. The molecule has 5 nitrogen and oxygen atoms in total. The van der Waals surface area contributed by atoms with Crippen molar-refractivity contribution in [1.29, 1.82) is 0 Å². The molecule has 3 aromatic carbocycles. The molecule has 0 aliphatic carbocycles. The Hall–Kier alpha value is -3.77. The van der Waals surface area contributed by atoms with E-state index in [9.17, 15) is 9.59 Å². The van der Waals surface area contributed by atoms with Crippen LogP contribution >= 0.6 is 15.9 Å². The molecule has 1 aromatic heterocycles. The van der Waals surface area contributed by atoms with Crippen LogP contribution in [0.3, 0.4) is 0 Å². The number of H-pyrrole nitrogens is 1. The number of rotatable bonds is 4. The summed E-state index contributed by atoms with van der Waals surface area (Å²) < 4.78 is 0.914. The first-order valence-corrected chi connectivity index (χ1v) is 11.8. The summed E-state index contributed by atoms with van der Waals surface area (Å²) in [6.07, 6.45) is 4.41. The lowest BCUT2D eigenvalue weighted by molar-refractivity contribution is -0.129. The molecule has 0 fully saturated rings. The summed E-state index contributed by atoms with van der Waals surface area (Å²) >= 11 is 3.56. The van der Waals surface area contributed by atoms with Gasteiger partial charge in [-0.05, 0) is 29.3 Å². The van der Waals surface area contributed by atoms with Crippen LogP contribution in [-0.2, 0) is 4.79 Å². The standard InChI is InChI=1S/C28H22BrN3O2/c1-18(33)32-22(14-12-19-8-4-2-5-9-19)17-25(31-32)27-26(20-10-6-3-7-11-20)23-16-21(29)13-15-24(23)30-28(27)34/h2-16,22H,17H2,1H3,(H,30,34)/b14-12+/t22-/m0/s1. The molecule has 2 heterocycles. The zero-order chi connectivity index (χ0) is 23.7. The van der Waals surface area contributed by atoms with E-state index in [4.69, 9.17) is 0 Å². The summed E-state index contributed by atoms with van der Waals surface area (Å²) in [6, 6.07) is 25.3. The Morgan fingerprint density at radius 1 is 1.03 bits per heavy atom. The molecule has 0 spiro atoms. The molecule has 6 heteroatoms. The van der Waals surface area contributed by atoms with Crippen LogP contribution in [0.4, 0.5) is 0 Å². The number of nitrogens with zero attached hydrogens (tertiary/aromatic N) is 2. The number of carbonyl (C=O) groups excluding carboxylic acids is 1. The Labute approximate surface area is 205 Å². The van der Waals surface area contributed by atoms with Crippen molar-refractivity contribution in [2.75, 3.05) is 0 Å². The number of hydrogen-bond donors (Lipinski definition) is 1. The van der Waals surface area contributed by atoms with Crippen molar-refractivity contribution >= 4 is 44.5 Å². The number of aromatic amines is 1. The SMILES string of the molecule is CC(=O)N1N=C(c2c(-c3ccccc3)c3cc(Br)ccc3[nH]c2=O)C[C@@H]1/C=C/c1ccccc1. The van der Waals surface area contributed by atoms with Gasteiger partial charge in [-0.2, -0.15) is 5.10 Å². The summed E-state index contributed by atoms with van der Waals surface area (Å²) in [5.74, 6) is -0.168. The summed E-state index contributed by atoms with van der Waals surface area (Å²) in [5.41, 5.74) is 4.40. The number of hydrogen-bond acceptors (Lipinski definition) is 3. The number of nitrogens with one attached hydrogen (secondary N) is 1. The molecule has 0 bridgehead atoms. The van der Waals surface area contributed by atoms with Gasteiger partial charge in [0.05, 0.1) is 17.3 Å². The van der Waals surface area contributed by atoms with E-state index in [1.165, 1.54) is 11.9 Å². The third-order valence-electron chi connectivity index (χ3n) is 5.91. The number of amides is 1. The van der Waals surface area contributed by atoms with Crippen molar-refractivity contribution < 1.29 is 4.79 Å². The highest BCUT2D eigenvalue weighted by molar-refractivity contribution is 9.10. The van der Waals surface area contributed by atoms with Crippen molar-refractivity contribution in [3.05, 3.63) is 111 Å². The second kappa shape index (κ2) is 9.23. The first kappa shape index (κ1) is 22.0. The van der Waals surface area contributed by atoms with Gasteiger partial charge in [0.15, 0.2) is 0 Å². The average Bonchev–Trinajstić information content (AvgIpc) is 3.27. The molecule has 5 rings (SSSR count). The third kappa shape index (κ3) is 4.24. The monoisotopic (exact) mass is 511 g/mol. The van der Waals surface area contributed by atoms with Crippen LogP contribution in [0.1, 0.15) is 24.5 Å². The van der Waals surface area contributed by atoms with Crippen LogP contribution in [0.2, 0.25) is 0 Å². The minimum Gasteiger partial charge on any atom is -0.321 e. The molecular formula is C28H22BrN3O2. The smallest absolute Gasteiger partial charge is 0.258 e. The highest BCUT2D eigenvalue weighted by atomic mass is 79.9. The molecule has 168 valence electrons. The van der Waals surface area contributed by atoms with E-state index in [-0.39, 0.29) is 17.5 Å². The summed E-state index contributed by atoms with van der Waals surface area (Å²) in [5, 5.41) is 7.02. The number of hydrazone groups is 1. The molecule has 1 amide bonds. The fraction of sp³-hybridized carbons (Fsp3) is 0.107. The van der Waals surface area contributed by atoms with Crippen molar-refractivity contribution in [2.45, 2.75) is 19.4 Å². The minimum atomic E-state index is -0.270. The normalized spacial score (nSPS) is 15.8. The molecule has 0 saturated heterocycles. The second-order valence-electron chi connectivity index (χ2n) is 8.21. The van der Waals surface area contributed by atoms with Gasteiger partial charge in [-0.1, -0.05) is 88.7 Å². The lowest BCUT2D eigenvalue weighted by Crippen LogP contribution is -2.29. The fourth-order valence-electron chi connectivity index (χ4n) is 4.37. The van der Waals surface area contributed by atoms with Crippen molar-refractivity contribution in [2.24, 2.45) is 5.10 Å². The van der Waals surface area contributed by atoms with Crippen LogP contribution in [0.25, 0.3) is 28.1 Å². The molecular weight excluding hydrogens is 490 g/mol. The van der Waals surface area contributed by atoms with Gasteiger partial charge in [-0.15, -0.1) is 0 Å². The Bertz CT molecular complexity index is 1490. The molecule has 1 atom stereocenters. The quantitative estimate of drug-likeness (QED) is 0.365. The van der Waals surface area contributed by atoms with Crippen LogP contribution in [0.5, 0.6) is 0 Å². The zero-order valence-corrected chi connectivity index (χ0v) is 20.1. The van der Waals surface area contributed by atoms with Gasteiger partial charge in [-0.25, -0.2) is 5.01 Å². The van der Waals surface area contributed by atoms with Gasteiger partial charge in [-0.3, -0.25) is 9.59 Å². The Balaban J connectivity index is 1.66.